The van der Waals surface area contributed by atoms with Crippen molar-refractivity contribution >= 4 is 0 Å². The minimum Gasteiger partial charge on any atom is -0.267 e. The maximum atomic E-state index is 12.5. The number of aromatic amines is 1. The number of H-pyrrole nitrogens is 1. The highest BCUT2D eigenvalue weighted by atomic mass is 16.1. The fourth-order valence-corrected chi connectivity index (χ4v) is 2.51. The lowest BCUT2D eigenvalue weighted by Gasteiger charge is -1.99. The van der Waals surface area contributed by atoms with Crippen molar-refractivity contribution in [1.82, 2.24) is 30.4 Å². The summed E-state index contributed by atoms with van der Waals surface area (Å²) >= 11 is 0. The van der Waals surface area contributed by atoms with Crippen molar-refractivity contribution in [3.63, 3.8) is 0 Å². The molecule has 0 amide bonds. The van der Waals surface area contributed by atoms with Crippen LogP contribution in [0.5, 0.6) is 0 Å². The molecule has 1 aliphatic heterocycles. The lowest BCUT2D eigenvalue weighted by atomic mass is 10.1. The van der Waals surface area contributed by atoms with Gasteiger partial charge in [-0.15, -0.1) is 5.10 Å². The fourth-order valence-electron chi connectivity index (χ4n) is 2.51. The molecular formula is C16H12N6O. The van der Waals surface area contributed by atoms with Crippen LogP contribution in [0.3, 0.4) is 0 Å². The van der Waals surface area contributed by atoms with E-state index in [4.69, 9.17) is 0 Å². The van der Waals surface area contributed by atoms with Crippen LogP contribution < -0.4 is 5.56 Å². The molecule has 1 aromatic heterocycles. The molecule has 0 saturated carbocycles. The second-order valence-corrected chi connectivity index (χ2v) is 5.14. The summed E-state index contributed by atoms with van der Waals surface area (Å²) in [6.45, 7) is 0. The second-order valence-electron chi connectivity index (χ2n) is 5.14. The predicted molar refractivity (Wildman–Crippen MR) is 83.4 cm³/mol. The zero-order valence-corrected chi connectivity index (χ0v) is 12.0. The smallest absolute Gasteiger partial charge is 0.267 e. The molecule has 1 aromatic carbocycles. The van der Waals surface area contributed by atoms with Crippen LogP contribution in [0.25, 0.3) is 17.2 Å². The van der Waals surface area contributed by atoms with Gasteiger partial charge in [0.15, 0.2) is 0 Å². The average molecular weight is 304 g/mol. The first-order valence-corrected chi connectivity index (χ1v) is 7.11. The van der Waals surface area contributed by atoms with E-state index in [9.17, 15) is 4.79 Å². The summed E-state index contributed by atoms with van der Waals surface area (Å²) < 4.78 is 1.15. The average Bonchev–Trinajstić information content (AvgIpc) is 3.14. The van der Waals surface area contributed by atoms with Gasteiger partial charge < -0.3 is 0 Å². The first-order chi connectivity index (χ1) is 11.3. The van der Waals surface area contributed by atoms with Gasteiger partial charge in [0.25, 0.3) is 11.5 Å². The molecule has 112 valence electrons. The number of nitrogens with zero attached hydrogens (tertiary/aromatic N) is 5. The molecule has 2 heterocycles. The van der Waals surface area contributed by atoms with Gasteiger partial charge in [-0.1, -0.05) is 47.6 Å². The molecule has 0 fully saturated rings. The van der Waals surface area contributed by atoms with Gasteiger partial charge in [0, 0.05) is 0 Å². The number of rotatable bonds is 3. The number of tetrazole rings is 1. The summed E-state index contributed by atoms with van der Waals surface area (Å²) in [4.78, 5) is 12.5. The van der Waals surface area contributed by atoms with Crippen LogP contribution in [-0.2, 0) is 6.42 Å². The van der Waals surface area contributed by atoms with Crippen LogP contribution in [0.2, 0.25) is 0 Å². The zero-order valence-electron chi connectivity index (χ0n) is 12.0. The molecule has 23 heavy (non-hydrogen) atoms. The fraction of sp³-hybridized carbons (Fsp3) is 0.0625. The van der Waals surface area contributed by atoms with Crippen molar-refractivity contribution in [1.29, 1.82) is 0 Å². The van der Waals surface area contributed by atoms with Crippen LogP contribution in [0, 0.1) is 0 Å². The van der Waals surface area contributed by atoms with E-state index in [-0.39, 0.29) is 11.5 Å². The van der Waals surface area contributed by atoms with Crippen LogP contribution in [0.15, 0.2) is 59.4 Å². The van der Waals surface area contributed by atoms with Crippen LogP contribution >= 0.6 is 0 Å². The van der Waals surface area contributed by atoms with E-state index >= 15 is 0 Å². The van der Waals surface area contributed by atoms with Crippen molar-refractivity contribution in [3.8, 4) is 17.2 Å². The van der Waals surface area contributed by atoms with Gasteiger partial charge in [0.1, 0.15) is 0 Å². The Morgan fingerprint density at radius 2 is 1.83 bits per heavy atom. The molecule has 0 saturated heterocycles. The third-order valence-electron chi connectivity index (χ3n) is 3.58. The van der Waals surface area contributed by atoms with Gasteiger partial charge in [-0.2, -0.15) is 15.0 Å². The van der Waals surface area contributed by atoms with Gasteiger partial charge >= 0.3 is 0 Å². The van der Waals surface area contributed by atoms with Crippen molar-refractivity contribution in [2.45, 2.75) is 6.42 Å². The maximum absolute atomic E-state index is 12.5. The number of benzene rings is 1. The Balaban J connectivity index is 1.81. The van der Waals surface area contributed by atoms with E-state index in [1.807, 2.05) is 42.5 Å². The maximum Gasteiger partial charge on any atom is 0.293 e. The molecular weight excluding hydrogens is 292 g/mol. The minimum atomic E-state index is -0.257. The molecule has 7 heteroatoms. The summed E-state index contributed by atoms with van der Waals surface area (Å²) in [7, 11) is 0. The highest BCUT2D eigenvalue weighted by Crippen LogP contribution is 2.18. The number of fused-ring (bicyclic) bond motifs is 1. The van der Waals surface area contributed by atoms with Crippen molar-refractivity contribution in [2.75, 3.05) is 0 Å². The zero-order chi connectivity index (χ0) is 15.6. The summed E-state index contributed by atoms with van der Waals surface area (Å²) in [5.74, 6) is 0.137. The first-order valence-electron chi connectivity index (χ1n) is 7.11. The van der Waals surface area contributed by atoms with Crippen molar-refractivity contribution < 1.29 is 0 Å². The van der Waals surface area contributed by atoms with Crippen molar-refractivity contribution in [3.05, 3.63) is 76.1 Å². The molecule has 0 radical (unpaired) electrons. The summed E-state index contributed by atoms with van der Waals surface area (Å²) in [5, 5.41) is 17.6. The standard InChI is InChI=1S/C16H12N6O/c23-15-13-10-12(9-11-5-2-1-3-6-11)7-4-8-14(13)19-22(15)16-17-20-21-18-16/h1-8,10H,9H2,(H,17,18,20,21). The molecule has 1 N–H and O–H groups in total. The Morgan fingerprint density at radius 1 is 1.00 bits per heavy atom. The van der Waals surface area contributed by atoms with E-state index in [2.05, 4.69) is 37.9 Å². The molecule has 2 aliphatic rings. The quantitative estimate of drug-likeness (QED) is 0.618. The van der Waals surface area contributed by atoms with Gasteiger partial charge in [0.05, 0.1) is 11.3 Å². The summed E-state index contributed by atoms with van der Waals surface area (Å²) in [5.41, 5.74) is 3.09. The number of hydrogen-bond acceptors (Lipinski definition) is 5. The largest absolute Gasteiger partial charge is 0.293 e. The van der Waals surface area contributed by atoms with Gasteiger partial charge in [-0.05, 0) is 34.9 Å². The minimum absolute atomic E-state index is 0.137. The molecule has 4 rings (SSSR count). The molecule has 0 atom stereocenters. The molecule has 0 bridgehead atoms. The third kappa shape index (κ3) is 2.48. The normalized spacial score (nSPS) is 11.0. The lowest BCUT2D eigenvalue weighted by Crippen LogP contribution is -2.15. The Labute approximate surface area is 130 Å². The second kappa shape index (κ2) is 5.45. The van der Waals surface area contributed by atoms with E-state index in [0.29, 0.717) is 11.3 Å². The molecule has 0 unspecified atom stereocenters. The van der Waals surface area contributed by atoms with E-state index < -0.39 is 0 Å². The van der Waals surface area contributed by atoms with Crippen LogP contribution in [0.4, 0.5) is 0 Å². The third-order valence-corrected chi connectivity index (χ3v) is 3.58. The van der Waals surface area contributed by atoms with Crippen LogP contribution in [0.1, 0.15) is 11.1 Å². The number of nitrogens with one attached hydrogen (secondary N) is 1. The van der Waals surface area contributed by atoms with Gasteiger partial charge in [0.2, 0.25) is 0 Å². The first kappa shape index (κ1) is 13.3. The molecule has 0 spiro atoms. The summed E-state index contributed by atoms with van der Waals surface area (Å²) in [6, 6.07) is 17.7. The predicted octanol–water partition coefficient (Wildman–Crippen LogP) is 1.44. The lowest BCUT2D eigenvalue weighted by molar-refractivity contribution is 0.793. The van der Waals surface area contributed by atoms with E-state index in [1.54, 1.807) is 0 Å². The Hall–Kier alpha value is -3.35. The van der Waals surface area contributed by atoms with Gasteiger partial charge in [-0.25, -0.2) is 0 Å². The molecule has 2 aromatic rings. The van der Waals surface area contributed by atoms with Crippen LogP contribution in [-0.4, -0.2) is 30.4 Å². The number of hydrogen-bond donors (Lipinski definition) is 1. The highest BCUT2D eigenvalue weighted by molar-refractivity contribution is 5.60. The van der Waals surface area contributed by atoms with E-state index in [1.165, 1.54) is 5.56 Å². The molecule has 1 aliphatic carbocycles. The Kier molecular flexibility index (Phi) is 3.16. The Morgan fingerprint density at radius 3 is 2.61 bits per heavy atom. The Bertz CT molecular complexity index is 962. The summed E-state index contributed by atoms with van der Waals surface area (Å²) in [6.07, 6.45) is 0.747. The topological polar surface area (TPSA) is 89.4 Å². The van der Waals surface area contributed by atoms with E-state index in [0.717, 1.165) is 16.7 Å². The molecule has 7 nitrogen and oxygen atoms in total. The SMILES string of the molecule is O=c1c2cc(Cc3ccccc3)cccc-2nn1-c1nn[nH]n1. The monoisotopic (exact) mass is 304 g/mol. The number of aromatic nitrogens is 6. The highest BCUT2D eigenvalue weighted by Gasteiger charge is 2.17. The van der Waals surface area contributed by atoms with Crippen molar-refractivity contribution in [2.24, 2.45) is 0 Å². The van der Waals surface area contributed by atoms with Gasteiger partial charge in [-0.3, -0.25) is 4.79 Å².